The molecule has 0 aliphatic rings. The maximum Gasteiger partial charge on any atom is 0.519 e. The van der Waals surface area contributed by atoms with E-state index >= 15 is 0 Å². The Morgan fingerprint density at radius 2 is 1.04 bits per heavy atom. The van der Waals surface area contributed by atoms with Crippen LogP contribution in [0.5, 0.6) is 11.5 Å². The smallest absolute Gasteiger partial charge is 0.395 e. The van der Waals surface area contributed by atoms with E-state index in [2.05, 4.69) is 10.6 Å². The molecule has 7 nitrogen and oxygen atoms in total. The van der Waals surface area contributed by atoms with Gasteiger partial charge in [-0.25, -0.2) is 4.79 Å². The molecule has 2 rings (SSSR count). The summed E-state index contributed by atoms with van der Waals surface area (Å²) in [5.41, 5.74) is 1.61. The number of benzene rings is 2. The van der Waals surface area contributed by atoms with Crippen molar-refractivity contribution in [2.75, 3.05) is 14.1 Å². The fraction of sp³-hybridized carbons (Fsp3) is 0.211. The highest BCUT2D eigenvalue weighted by Crippen LogP contribution is 2.16. The molecule has 0 heterocycles. The second kappa shape index (κ2) is 9.22. The van der Waals surface area contributed by atoms with Crippen molar-refractivity contribution < 1.29 is 23.9 Å². The summed E-state index contributed by atoms with van der Waals surface area (Å²) in [6.45, 7) is 0. The highest BCUT2D eigenvalue weighted by atomic mass is 16.7. The van der Waals surface area contributed by atoms with Gasteiger partial charge < -0.3 is 20.1 Å². The minimum Gasteiger partial charge on any atom is -0.395 e. The number of rotatable bonds is 6. The molecule has 136 valence electrons. The van der Waals surface area contributed by atoms with Gasteiger partial charge in [-0.2, -0.15) is 0 Å². The van der Waals surface area contributed by atoms with Crippen molar-refractivity contribution in [3.63, 3.8) is 0 Å². The highest BCUT2D eigenvalue weighted by molar-refractivity contribution is 5.78. The standard InChI is InChI=1S/C19H20N2O5/c1-20-17(22)11-13-3-7-15(8-4-13)25-19(24)26-16-9-5-14(6-10-16)12-18(23)21-2/h3-10H,11-12H2,1-2H3,(H,20,22)(H,21,23). The summed E-state index contributed by atoms with van der Waals surface area (Å²) in [5.74, 6) is 0.426. The third-order valence-electron chi connectivity index (χ3n) is 3.54. The van der Waals surface area contributed by atoms with E-state index in [0.717, 1.165) is 11.1 Å². The molecule has 0 saturated heterocycles. The van der Waals surface area contributed by atoms with Gasteiger partial charge in [0.25, 0.3) is 0 Å². The quantitative estimate of drug-likeness (QED) is 0.608. The van der Waals surface area contributed by atoms with Crippen LogP contribution in [0.15, 0.2) is 48.5 Å². The summed E-state index contributed by atoms with van der Waals surface area (Å²) < 4.78 is 10.2. The average Bonchev–Trinajstić information content (AvgIpc) is 2.64. The van der Waals surface area contributed by atoms with E-state index in [1.807, 2.05) is 0 Å². The Morgan fingerprint density at radius 3 is 1.35 bits per heavy atom. The topological polar surface area (TPSA) is 93.7 Å². The van der Waals surface area contributed by atoms with Gasteiger partial charge in [0.1, 0.15) is 11.5 Å². The first kappa shape index (κ1) is 19.0. The Hall–Kier alpha value is -3.35. The van der Waals surface area contributed by atoms with Crippen LogP contribution in [0, 0.1) is 0 Å². The van der Waals surface area contributed by atoms with Gasteiger partial charge in [-0.1, -0.05) is 24.3 Å². The van der Waals surface area contributed by atoms with Gasteiger partial charge in [0.2, 0.25) is 11.8 Å². The number of hydrogen-bond acceptors (Lipinski definition) is 5. The van der Waals surface area contributed by atoms with Crippen molar-refractivity contribution in [2.45, 2.75) is 12.8 Å². The molecule has 0 aromatic heterocycles. The molecule has 26 heavy (non-hydrogen) atoms. The number of carbonyl (C=O) groups is 3. The van der Waals surface area contributed by atoms with E-state index in [1.54, 1.807) is 62.6 Å². The molecule has 2 amide bonds. The van der Waals surface area contributed by atoms with Gasteiger partial charge in [0.05, 0.1) is 12.8 Å². The summed E-state index contributed by atoms with van der Waals surface area (Å²) in [7, 11) is 3.14. The number of hydrogen-bond donors (Lipinski definition) is 2. The molecule has 2 N–H and O–H groups in total. The number of amides is 2. The van der Waals surface area contributed by atoms with Crippen LogP contribution in [0.1, 0.15) is 11.1 Å². The Labute approximate surface area is 151 Å². The highest BCUT2D eigenvalue weighted by Gasteiger charge is 2.09. The molecule has 7 heteroatoms. The molecule has 0 atom stereocenters. The van der Waals surface area contributed by atoms with Crippen LogP contribution in [0.3, 0.4) is 0 Å². The lowest BCUT2D eigenvalue weighted by Crippen LogP contribution is -2.20. The first-order valence-corrected chi connectivity index (χ1v) is 7.99. The summed E-state index contributed by atoms with van der Waals surface area (Å²) >= 11 is 0. The van der Waals surface area contributed by atoms with Gasteiger partial charge in [-0.15, -0.1) is 0 Å². The second-order valence-corrected chi connectivity index (χ2v) is 5.44. The van der Waals surface area contributed by atoms with E-state index < -0.39 is 6.16 Å². The maximum absolute atomic E-state index is 11.8. The predicted molar refractivity (Wildman–Crippen MR) is 95.1 cm³/mol. The van der Waals surface area contributed by atoms with E-state index in [-0.39, 0.29) is 24.7 Å². The lowest BCUT2D eigenvalue weighted by Gasteiger charge is -2.07. The van der Waals surface area contributed by atoms with Crippen LogP contribution < -0.4 is 20.1 Å². The molecule has 0 spiro atoms. The monoisotopic (exact) mass is 356 g/mol. The SMILES string of the molecule is CNC(=O)Cc1ccc(OC(=O)Oc2ccc(CC(=O)NC)cc2)cc1. The zero-order chi connectivity index (χ0) is 18.9. The van der Waals surface area contributed by atoms with E-state index in [9.17, 15) is 14.4 Å². The summed E-state index contributed by atoms with van der Waals surface area (Å²) in [5, 5.41) is 5.08. The Kier molecular flexibility index (Phi) is 6.73. The van der Waals surface area contributed by atoms with Crippen molar-refractivity contribution in [1.29, 1.82) is 0 Å². The molecule has 2 aromatic rings. The van der Waals surface area contributed by atoms with Crippen molar-refractivity contribution in [2.24, 2.45) is 0 Å². The molecule has 0 radical (unpaired) electrons. The fourth-order valence-electron chi connectivity index (χ4n) is 2.11. The van der Waals surface area contributed by atoms with Gasteiger partial charge in [-0.3, -0.25) is 9.59 Å². The number of nitrogens with one attached hydrogen (secondary N) is 2. The Morgan fingerprint density at radius 1 is 0.692 bits per heavy atom. The van der Waals surface area contributed by atoms with Crippen molar-refractivity contribution in [3.05, 3.63) is 59.7 Å². The summed E-state index contributed by atoms with van der Waals surface area (Å²) in [6.07, 6.45) is -0.365. The molecule has 0 unspecified atom stereocenters. The van der Waals surface area contributed by atoms with Crippen LogP contribution in [0.25, 0.3) is 0 Å². The van der Waals surface area contributed by atoms with E-state index in [0.29, 0.717) is 11.5 Å². The van der Waals surface area contributed by atoms with E-state index in [1.165, 1.54) is 0 Å². The minimum atomic E-state index is -0.872. The predicted octanol–water partition coefficient (Wildman–Crippen LogP) is 1.84. The fourth-order valence-corrected chi connectivity index (χ4v) is 2.11. The zero-order valence-electron chi connectivity index (χ0n) is 14.6. The van der Waals surface area contributed by atoms with Crippen molar-refractivity contribution in [1.82, 2.24) is 10.6 Å². The van der Waals surface area contributed by atoms with Crippen molar-refractivity contribution in [3.8, 4) is 11.5 Å². The Balaban J connectivity index is 1.88. The summed E-state index contributed by atoms with van der Waals surface area (Å²) in [6, 6.07) is 13.2. The molecule has 2 aromatic carbocycles. The first-order valence-electron chi connectivity index (χ1n) is 7.99. The van der Waals surface area contributed by atoms with Crippen LogP contribution in [0.4, 0.5) is 4.79 Å². The molecule has 0 aliphatic carbocycles. The third-order valence-corrected chi connectivity index (χ3v) is 3.54. The number of likely N-dealkylation sites (N-methyl/N-ethyl adjacent to an activating group) is 2. The van der Waals surface area contributed by atoms with Gasteiger partial charge in [-0.05, 0) is 35.4 Å². The Bertz CT molecular complexity index is 704. The van der Waals surface area contributed by atoms with Gasteiger partial charge in [0, 0.05) is 14.1 Å². The zero-order valence-corrected chi connectivity index (χ0v) is 14.6. The molecule has 0 saturated carbocycles. The van der Waals surface area contributed by atoms with Crippen LogP contribution in [-0.2, 0) is 22.4 Å². The largest absolute Gasteiger partial charge is 0.519 e. The lowest BCUT2D eigenvalue weighted by atomic mass is 10.1. The second-order valence-electron chi connectivity index (χ2n) is 5.44. The third kappa shape index (κ3) is 5.94. The summed E-state index contributed by atoms with van der Waals surface area (Å²) in [4.78, 5) is 34.4. The number of ether oxygens (including phenoxy) is 2. The number of carbonyl (C=O) groups excluding carboxylic acids is 3. The average molecular weight is 356 g/mol. The molecule has 0 fully saturated rings. The molecular formula is C19H20N2O5. The van der Waals surface area contributed by atoms with E-state index in [4.69, 9.17) is 9.47 Å². The van der Waals surface area contributed by atoms with Crippen LogP contribution >= 0.6 is 0 Å². The first-order chi connectivity index (χ1) is 12.5. The normalized spacial score (nSPS) is 9.92. The lowest BCUT2D eigenvalue weighted by molar-refractivity contribution is -0.120. The van der Waals surface area contributed by atoms with Crippen molar-refractivity contribution >= 4 is 18.0 Å². The van der Waals surface area contributed by atoms with Crippen LogP contribution in [-0.4, -0.2) is 32.1 Å². The minimum absolute atomic E-state index is 0.0991. The molecule has 0 bridgehead atoms. The van der Waals surface area contributed by atoms with Gasteiger partial charge >= 0.3 is 6.16 Å². The molecular weight excluding hydrogens is 336 g/mol. The van der Waals surface area contributed by atoms with Gasteiger partial charge in [0.15, 0.2) is 0 Å². The molecule has 0 aliphatic heterocycles. The maximum atomic E-state index is 11.8. The van der Waals surface area contributed by atoms with Crippen LogP contribution in [0.2, 0.25) is 0 Å².